The van der Waals surface area contributed by atoms with Crippen molar-refractivity contribution < 1.29 is 23.8 Å². The maximum absolute atomic E-state index is 13.0. The van der Waals surface area contributed by atoms with Crippen LogP contribution >= 0.6 is 0 Å². The minimum Gasteiger partial charge on any atom is -0.481 e. The van der Waals surface area contributed by atoms with E-state index in [0.29, 0.717) is 18.8 Å². The molecule has 0 amide bonds. The zero-order valence-corrected chi connectivity index (χ0v) is 11.5. The summed E-state index contributed by atoms with van der Waals surface area (Å²) in [5.74, 6) is -1.46. The number of ether oxygens (including phenoxy) is 2. The first-order valence-electron chi connectivity index (χ1n) is 6.33. The van der Waals surface area contributed by atoms with Crippen molar-refractivity contribution in [2.24, 2.45) is 5.73 Å². The van der Waals surface area contributed by atoms with Gasteiger partial charge in [0.05, 0.1) is 13.2 Å². The molecule has 0 fully saturated rings. The van der Waals surface area contributed by atoms with Crippen LogP contribution in [0.5, 0.6) is 0 Å². The summed E-state index contributed by atoms with van der Waals surface area (Å²) < 4.78 is 23.1. The van der Waals surface area contributed by atoms with Gasteiger partial charge in [-0.3, -0.25) is 4.79 Å². The Morgan fingerprint density at radius 3 is 2.45 bits per heavy atom. The first-order chi connectivity index (χ1) is 9.56. The van der Waals surface area contributed by atoms with Crippen molar-refractivity contribution in [1.29, 1.82) is 0 Å². The fraction of sp³-hybridized carbons (Fsp3) is 0.500. The van der Waals surface area contributed by atoms with Crippen molar-refractivity contribution in [2.45, 2.75) is 11.8 Å². The summed E-state index contributed by atoms with van der Waals surface area (Å²) in [4.78, 5) is 11.6. The predicted molar refractivity (Wildman–Crippen MR) is 72.1 cm³/mol. The average Bonchev–Trinajstić information content (AvgIpc) is 2.44. The minimum atomic E-state index is -1.26. The summed E-state index contributed by atoms with van der Waals surface area (Å²) in [6.45, 7) is 0.991. The molecule has 3 N–H and O–H groups in total. The van der Waals surface area contributed by atoms with Gasteiger partial charge < -0.3 is 20.3 Å². The fourth-order valence-electron chi connectivity index (χ4n) is 1.94. The van der Waals surface area contributed by atoms with Crippen molar-refractivity contribution in [3.05, 3.63) is 35.6 Å². The standard InChI is InChI=1S/C14H20FNO4/c1-19-8-9-20-7-6-14(10-16,13(17)18)11-2-4-12(15)5-3-11/h2-5H,6-10,16H2,1H3,(H,17,18). The highest BCUT2D eigenvalue weighted by atomic mass is 19.1. The third kappa shape index (κ3) is 4.00. The molecule has 0 saturated carbocycles. The van der Waals surface area contributed by atoms with Gasteiger partial charge in [-0.2, -0.15) is 0 Å². The number of carboxylic acid groups (broad SMARTS) is 1. The molecule has 0 bridgehead atoms. The number of aliphatic carboxylic acids is 1. The van der Waals surface area contributed by atoms with Crippen LogP contribution in [0.25, 0.3) is 0 Å². The van der Waals surface area contributed by atoms with E-state index in [2.05, 4.69) is 0 Å². The molecule has 0 radical (unpaired) electrons. The van der Waals surface area contributed by atoms with E-state index in [9.17, 15) is 14.3 Å². The summed E-state index contributed by atoms with van der Waals surface area (Å²) in [5, 5.41) is 9.50. The van der Waals surface area contributed by atoms with E-state index >= 15 is 0 Å². The monoisotopic (exact) mass is 285 g/mol. The maximum atomic E-state index is 13.0. The Kier molecular flexibility index (Phi) is 6.57. The van der Waals surface area contributed by atoms with Crippen molar-refractivity contribution >= 4 is 5.97 Å². The molecule has 0 aliphatic carbocycles. The Morgan fingerprint density at radius 1 is 1.30 bits per heavy atom. The van der Waals surface area contributed by atoms with Crippen molar-refractivity contribution in [3.8, 4) is 0 Å². The number of benzene rings is 1. The quantitative estimate of drug-likeness (QED) is 0.665. The molecule has 6 heteroatoms. The number of methoxy groups -OCH3 is 1. The Balaban J connectivity index is 2.81. The van der Waals surface area contributed by atoms with Crippen LogP contribution in [0.15, 0.2) is 24.3 Å². The summed E-state index contributed by atoms with van der Waals surface area (Å²) in [6.07, 6.45) is 0.216. The lowest BCUT2D eigenvalue weighted by Crippen LogP contribution is -2.44. The molecular formula is C14H20FNO4. The highest BCUT2D eigenvalue weighted by Gasteiger charge is 2.38. The number of nitrogens with two attached hydrogens (primary N) is 1. The minimum absolute atomic E-state index is 0.0817. The van der Waals surface area contributed by atoms with Gasteiger partial charge in [0.25, 0.3) is 0 Å². The number of hydrogen-bond acceptors (Lipinski definition) is 4. The van der Waals surface area contributed by atoms with Crippen LogP contribution in [-0.2, 0) is 19.7 Å². The molecule has 1 rings (SSSR count). The SMILES string of the molecule is COCCOCCC(CN)(C(=O)O)c1ccc(F)cc1. The smallest absolute Gasteiger partial charge is 0.315 e. The fourth-order valence-corrected chi connectivity index (χ4v) is 1.94. The summed E-state index contributed by atoms with van der Waals surface area (Å²) >= 11 is 0. The highest BCUT2D eigenvalue weighted by molar-refractivity contribution is 5.81. The van der Waals surface area contributed by atoms with Gasteiger partial charge in [-0.05, 0) is 24.1 Å². The molecule has 1 unspecified atom stereocenters. The first kappa shape index (κ1) is 16.6. The Labute approximate surface area is 117 Å². The lowest BCUT2D eigenvalue weighted by atomic mass is 9.78. The Morgan fingerprint density at radius 2 is 1.95 bits per heavy atom. The molecule has 0 aliphatic rings. The maximum Gasteiger partial charge on any atom is 0.315 e. The van der Waals surface area contributed by atoms with Gasteiger partial charge in [0.1, 0.15) is 11.2 Å². The first-order valence-corrected chi connectivity index (χ1v) is 6.33. The average molecular weight is 285 g/mol. The van der Waals surface area contributed by atoms with Gasteiger partial charge in [-0.25, -0.2) is 4.39 Å². The van der Waals surface area contributed by atoms with Crippen molar-refractivity contribution in [3.63, 3.8) is 0 Å². The normalized spacial score (nSPS) is 13.9. The number of carbonyl (C=O) groups is 1. The van der Waals surface area contributed by atoms with Crippen LogP contribution in [0.4, 0.5) is 4.39 Å². The summed E-state index contributed by atoms with van der Waals surface area (Å²) in [6, 6.07) is 5.36. The second kappa shape index (κ2) is 7.94. The van der Waals surface area contributed by atoms with E-state index in [0.717, 1.165) is 0 Å². The molecule has 0 spiro atoms. The molecule has 1 atom stereocenters. The van der Waals surface area contributed by atoms with Crippen molar-refractivity contribution in [2.75, 3.05) is 33.5 Å². The van der Waals surface area contributed by atoms with Crippen LogP contribution in [0, 0.1) is 5.82 Å². The molecule has 5 nitrogen and oxygen atoms in total. The molecule has 0 aliphatic heterocycles. The predicted octanol–water partition coefficient (Wildman–Crippen LogP) is 1.16. The van der Waals surface area contributed by atoms with Crippen LogP contribution in [0.1, 0.15) is 12.0 Å². The van der Waals surface area contributed by atoms with Gasteiger partial charge in [-0.1, -0.05) is 12.1 Å². The van der Waals surface area contributed by atoms with E-state index in [1.807, 2.05) is 0 Å². The second-order valence-corrected chi connectivity index (χ2v) is 4.45. The van der Waals surface area contributed by atoms with Crippen LogP contribution in [0.3, 0.4) is 0 Å². The van der Waals surface area contributed by atoms with Crippen LogP contribution in [-0.4, -0.2) is 44.6 Å². The number of carboxylic acids is 1. The third-order valence-corrected chi connectivity index (χ3v) is 3.26. The Hall–Kier alpha value is -1.50. The van der Waals surface area contributed by atoms with E-state index in [-0.39, 0.29) is 19.6 Å². The van der Waals surface area contributed by atoms with Gasteiger partial charge in [0, 0.05) is 20.3 Å². The molecular weight excluding hydrogens is 265 g/mol. The van der Waals surface area contributed by atoms with Crippen LogP contribution < -0.4 is 5.73 Å². The molecule has 0 aromatic heterocycles. The highest BCUT2D eigenvalue weighted by Crippen LogP contribution is 2.28. The lowest BCUT2D eigenvalue weighted by Gasteiger charge is -2.28. The molecule has 1 aromatic carbocycles. The Bertz CT molecular complexity index is 424. The number of halogens is 1. The van der Waals surface area contributed by atoms with Gasteiger partial charge >= 0.3 is 5.97 Å². The van der Waals surface area contributed by atoms with Gasteiger partial charge in [-0.15, -0.1) is 0 Å². The van der Waals surface area contributed by atoms with Crippen LogP contribution in [0.2, 0.25) is 0 Å². The summed E-state index contributed by atoms with van der Waals surface area (Å²) in [5.41, 5.74) is 4.88. The van der Waals surface area contributed by atoms with E-state index in [1.54, 1.807) is 7.11 Å². The van der Waals surface area contributed by atoms with Gasteiger partial charge in [0.2, 0.25) is 0 Å². The zero-order chi connectivity index (χ0) is 15.0. The van der Waals surface area contributed by atoms with Crippen molar-refractivity contribution in [1.82, 2.24) is 0 Å². The lowest BCUT2D eigenvalue weighted by molar-refractivity contribution is -0.144. The van der Waals surface area contributed by atoms with E-state index in [4.69, 9.17) is 15.2 Å². The van der Waals surface area contributed by atoms with E-state index in [1.165, 1.54) is 24.3 Å². The second-order valence-electron chi connectivity index (χ2n) is 4.45. The molecule has 1 aromatic rings. The zero-order valence-electron chi connectivity index (χ0n) is 11.5. The summed E-state index contributed by atoms with van der Waals surface area (Å²) in [7, 11) is 1.56. The molecule has 20 heavy (non-hydrogen) atoms. The number of hydrogen-bond donors (Lipinski definition) is 2. The molecule has 112 valence electrons. The third-order valence-electron chi connectivity index (χ3n) is 3.26. The van der Waals surface area contributed by atoms with E-state index < -0.39 is 17.2 Å². The van der Waals surface area contributed by atoms with Gasteiger partial charge in [0.15, 0.2) is 0 Å². The molecule has 0 saturated heterocycles. The topological polar surface area (TPSA) is 81.8 Å². The number of rotatable bonds is 9. The molecule has 0 heterocycles. The largest absolute Gasteiger partial charge is 0.481 e.